The maximum Gasteiger partial charge on any atom is 0.273 e. The molecule has 0 unspecified atom stereocenters. The number of aryl methyl sites for hydroxylation is 1. The second-order valence-corrected chi connectivity index (χ2v) is 6.07. The maximum atomic E-state index is 12.5. The van der Waals surface area contributed by atoms with Crippen LogP contribution in [0.2, 0.25) is 0 Å². The first-order valence-electron chi connectivity index (χ1n) is 8.62. The van der Waals surface area contributed by atoms with Crippen molar-refractivity contribution in [2.75, 3.05) is 12.4 Å². The average molecular weight is 374 g/mol. The molecule has 0 aliphatic rings. The number of hydrogen-bond donors (Lipinski definition) is 2. The molecule has 0 fully saturated rings. The minimum absolute atomic E-state index is 0.304. The summed E-state index contributed by atoms with van der Waals surface area (Å²) < 4.78 is 7.21. The fourth-order valence-corrected chi connectivity index (χ4v) is 2.85. The van der Waals surface area contributed by atoms with Crippen LogP contribution in [0.15, 0.2) is 61.1 Å². The zero-order chi connectivity index (χ0) is 19.5. The number of amides is 1. The Morgan fingerprint density at radius 3 is 2.75 bits per heavy atom. The van der Waals surface area contributed by atoms with Crippen LogP contribution in [-0.2, 0) is 0 Å². The zero-order valence-electron chi connectivity index (χ0n) is 15.4. The van der Waals surface area contributed by atoms with Crippen molar-refractivity contribution in [3.63, 3.8) is 0 Å². The Morgan fingerprint density at radius 2 is 2.04 bits per heavy atom. The summed E-state index contributed by atoms with van der Waals surface area (Å²) in [4.78, 5) is 21.1. The van der Waals surface area contributed by atoms with Gasteiger partial charge in [0.2, 0.25) is 0 Å². The van der Waals surface area contributed by atoms with E-state index in [4.69, 9.17) is 4.74 Å². The first kappa shape index (κ1) is 17.5. The predicted molar refractivity (Wildman–Crippen MR) is 105 cm³/mol. The molecule has 0 saturated heterocycles. The first-order valence-corrected chi connectivity index (χ1v) is 8.62. The number of carbonyl (C=O) groups is 1. The Labute approximate surface area is 161 Å². The Bertz CT molecular complexity index is 1110. The van der Waals surface area contributed by atoms with Gasteiger partial charge in [0.05, 0.1) is 24.7 Å². The molecule has 0 aliphatic heterocycles. The largest absolute Gasteiger partial charge is 0.496 e. The van der Waals surface area contributed by atoms with Crippen molar-refractivity contribution < 1.29 is 9.53 Å². The van der Waals surface area contributed by atoms with Crippen LogP contribution in [0.25, 0.3) is 17.1 Å². The zero-order valence-corrected chi connectivity index (χ0v) is 15.4. The van der Waals surface area contributed by atoms with Crippen LogP contribution in [0, 0.1) is 6.92 Å². The standard InChI is InChI=1S/C20H18N6O2/c1-13-21-9-10-26(13)19-8-7-14(12-22-19)23-20(27)17-11-16(24-25-17)15-5-3-4-6-18(15)28-2/h3-12H,1-2H3,(H,23,27)(H,24,25). The third-order valence-electron chi connectivity index (χ3n) is 4.28. The normalized spacial score (nSPS) is 10.6. The lowest BCUT2D eigenvalue weighted by Gasteiger charge is -2.06. The van der Waals surface area contributed by atoms with Gasteiger partial charge in [-0.05, 0) is 37.3 Å². The number of aromatic amines is 1. The van der Waals surface area contributed by atoms with E-state index in [1.54, 1.807) is 31.6 Å². The molecule has 28 heavy (non-hydrogen) atoms. The predicted octanol–water partition coefficient (Wildman–Crippen LogP) is 3.23. The monoisotopic (exact) mass is 374 g/mol. The highest BCUT2D eigenvalue weighted by Crippen LogP contribution is 2.28. The summed E-state index contributed by atoms with van der Waals surface area (Å²) in [5.74, 6) is 1.95. The van der Waals surface area contributed by atoms with Gasteiger partial charge < -0.3 is 10.1 Å². The van der Waals surface area contributed by atoms with Crippen molar-refractivity contribution in [3.8, 4) is 22.8 Å². The van der Waals surface area contributed by atoms with Gasteiger partial charge in [-0.25, -0.2) is 9.97 Å². The number of rotatable bonds is 5. The Morgan fingerprint density at radius 1 is 1.18 bits per heavy atom. The van der Waals surface area contributed by atoms with Gasteiger partial charge in [0, 0.05) is 18.0 Å². The summed E-state index contributed by atoms with van der Waals surface area (Å²) in [5, 5.41) is 9.80. The lowest BCUT2D eigenvalue weighted by Crippen LogP contribution is -2.12. The van der Waals surface area contributed by atoms with Gasteiger partial charge in [0.15, 0.2) is 0 Å². The summed E-state index contributed by atoms with van der Waals surface area (Å²) in [7, 11) is 1.60. The Balaban J connectivity index is 1.50. The van der Waals surface area contributed by atoms with Crippen molar-refractivity contribution in [1.82, 2.24) is 24.7 Å². The molecule has 3 aromatic heterocycles. The van der Waals surface area contributed by atoms with Gasteiger partial charge in [0.25, 0.3) is 5.91 Å². The number of carbonyl (C=O) groups excluding carboxylic acids is 1. The van der Waals surface area contributed by atoms with E-state index >= 15 is 0 Å². The van der Waals surface area contributed by atoms with E-state index < -0.39 is 0 Å². The van der Waals surface area contributed by atoms with Gasteiger partial charge in [0.1, 0.15) is 23.1 Å². The molecule has 0 radical (unpaired) electrons. The highest BCUT2D eigenvalue weighted by atomic mass is 16.5. The quantitative estimate of drug-likeness (QED) is 0.559. The number of hydrogen-bond acceptors (Lipinski definition) is 5. The smallest absolute Gasteiger partial charge is 0.273 e. The summed E-state index contributed by atoms with van der Waals surface area (Å²) in [6, 6.07) is 12.8. The second kappa shape index (κ2) is 7.36. The van der Waals surface area contributed by atoms with Crippen LogP contribution in [0.5, 0.6) is 5.75 Å². The number of aromatic nitrogens is 5. The van der Waals surface area contributed by atoms with E-state index in [1.807, 2.05) is 48.0 Å². The molecule has 2 N–H and O–H groups in total. The van der Waals surface area contributed by atoms with E-state index in [0.29, 0.717) is 22.8 Å². The topological polar surface area (TPSA) is 97.7 Å². The molecule has 1 aromatic carbocycles. The van der Waals surface area contributed by atoms with Gasteiger partial charge in [-0.1, -0.05) is 12.1 Å². The van der Waals surface area contributed by atoms with Crippen molar-refractivity contribution in [2.24, 2.45) is 0 Å². The number of ether oxygens (including phenoxy) is 1. The van der Waals surface area contributed by atoms with Crippen molar-refractivity contribution in [3.05, 3.63) is 72.6 Å². The Kier molecular flexibility index (Phi) is 4.59. The van der Waals surface area contributed by atoms with E-state index in [2.05, 4.69) is 25.5 Å². The number of H-pyrrole nitrogens is 1. The number of benzene rings is 1. The molecule has 8 nitrogen and oxygen atoms in total. The van der Waals surface area contributed by atoms with E-state index in [0.717, 1.165) is 17.2 Å². The van der Waals surface area contributed by atoms with Gasteiger partial charge in [-0.3, -0.25) is 14.5 Å². The molecule has 3 heterocycles. The minimum Gasteiger partial charge on any atom is -0.496 e. The molecular formula is C20H18N6O2. The van der Waals surface area contributed by atoms with E-state index in [-0.39, 0.29) is 5.91 Å². The second-order valence-electron chi connectivity index (χ2n) is 6.07. The molecule has 4 aromatic rings. The van der Waals surface area contributed by atoms with Gasteiger partial charge in [-0.15, -0.1) is 0 Å². The molecule has 0 spiro atoms. The van der Waals surface area contributed by atoms with Crippen LogP contribution in [-0.4, -0.2) is 37.7 Å². The fourth-order valence-electron chi connectivity index (χ4n) is 2.85. The van der Waals surface area contributed by atoms with Gasteiger partial charge >= 0.3 is 0 Å². The van der Waals surface area contributed by atoms with Crippen LogP contribution < -0.4 is 10.1 Å². The van der Waals surface area contributed by atoms with E-state index in [1.165, 1.54) is 0 Å². The number of nitrogens with one attached hydrogen (secondary N) is 2. The molecular weight excluding hydrogens is 356 g/mol. The lowest BCUT2D eigenvalue weighted by molar-refractivity contribution is 0.102. The molecule has 1 amide bonds. The molecule has 8 heteroatoms. The number of imidazole rings is 1. The third kappa shape index (κ3) is 3.35. The maximum absolute atomic E-state index is 12.5. The Hall–Kier alpha value is -3.94. The average Bonchev–Trinajstić information content (AvgIpc) is 3.38. The number of methoxy groups -OCH3 is 1. The SMILES string of the molecule is COc1ccccc1-c1cc(C(=O)Nc2ccc(-n3ccnc3C)nc2)[nH]n1. The third-order valence-corrected chi connectivity index (χ3v) is 4.28. The molecule has 140 valence electrons. The van der Waals surface area contributed by atoms with Crippen molar-refractivity contribution in [1.29, 1.82) is 0 Å². The van der Waals surface area contributed by atoms with Crippen LogP contribution in [0.4, 0.5) is 5.69 Å². The molecule has 0 aliphatic carbocycles. The van der Waals surface area contributed by atoms with Crippen molar-refractivity contribution >= 4 is 11.6 Å². The summed E-state index contributed by atoms with van der Waals surface area (Å²) in [5.41, 5.74) is 2.36. The summed E-state index contributed by atoms with van der Waals surface area (Å²) in [6.45, 7) is 1.90. The molecule has 0 atom stereocenters. The number of pyridine rings is 1. The molecule has 4 rings (SSSR count). The van der Waals surface area contributed by atoms with Crippen LogP contribution in [0.1, 0.15) is 16.3 Å². The highest BCUT2D eigenvalue weighted by molar-refractivity contribution is 6.03. The number of para-hydroxylation sites is 1. The summed E-state index contributed by atoms with van der Waals surface area (Å²) >= 11 is 0. The van der Waals surface area contributed by atoms with E-state index in [9.17, 15) is 4.79 Å². The van der Waals surface area contributed by atoms with Crippen LogP contribution >= 0.6 is 0 Å². The molecule has 0 bridgehead atoms. The minimum atomic E-state index is -0.304. The first-order chi connectivity index (χ1) is 13.7. The van der Waals surface area contributed by atoms with Gasteiger partial charge in [-0.2, -0.15) is 5.10 Å². The van der Waals surface area contributed by atoms with Crippen LogP contribution in [0.3, 0.4) is 0 Å². The lowest BCUT2D eigenvalue weighted by atomic mass is 10.1. The fraction of sp³-hybridized carbons (Fsp3) is 0.100. The number of anilines is 1. The molecule has 0 saturated carbocycles. The number of nitrogens with zero attached hydrogens (tertiary/aromatic N) is 4. The highest BCUT2D eigenvalue weighted by Gasteiger charge is 2.14. The summed E-state index contributed by atoms with van der Waals surface area (Å²) in [6.07, 6.45) is 5.15. The van der Waals surface area contributed by atoms with Crippen molar-refractivity contribution in [2.45, 2.75) is 6.92 Å².